The first-order chi connectivity index (χ1) is 4.30. The molecule has 0 saturated carbocycles. The van der Waals surface area contributed by atoms with Crippen molar-refractivity contribution in [3.05, 3.63) is 16.8 Å². The summed E-state index contributed by atoms with van der Waals surface area (Å²) in [6, 6.07) is 0. The van der Waals surface area contributed by atoms with Gasteiger partial charge >= 0.3 is 5.69 Å². The zero-order valence-electron chi connectivity index (χ0n) is 4.77. The number of rotatable bonds is 0. The van der Waals surface area contributed by atoms with Gasteiger partial charge in [0.1, 0.15) is 6.33 Å². The summed E-state index contributed by atoms with van der Waals surface area (Å²) < 4.78 is 7.92. The number of nitrogens with zero attached hydrogens (tertiary/aromatic N) is 2. The van der Waals surface area contributed by atoms with Crippen LogP contribution in [0.5, 0.6) is 0 Å². The van der Waals surface area contributed by atoms with E-state index < -0.39 is 0 Å². The van der Waals surface area contributed by atoms with Crippen molar-refractivity contribution >= 4 is 12.9 Å². The summed E-state index contributed by atoms with van der Waals surface area (Å²) >= 11 is 2.53. The Labute approximate surface area is 56.9 Å². The average molecular weight is 149 g/mol. The Hall–Kier alpha value is -0.750. The van der Waals surface area contributed by atoms with Gasteiger partial charge in [0.05, 0.1) is 0 Å². The maximum atomic E-state index is 10.3. The lowest BCUT2D eigenvalue weighted by atomic mass is 11.2. The Morgan fingerprint density at radius 3 is 2.56 bits per heavy atom. The van der Waals surface area contributed by atoms with E-state index in [1.807, 2.05) is 0 Å². The van der Waals surface area contributed by atoms with Crippen molar-refractivity contribution in [2.45, 2.75) is 0 Å². The maximum absolute atomic E-state index is 10.3. The van der Waals surface area contributed by atoms with Crippen molar-refractivity contribution in [2.24, 2.45) is 7.05 Å². The van der Waals surface area contributed by atoms with Gasteiger partial charge in [0, 0.05) is 7.05 Å². The van der Waals surface area contributed by atoms with Crippen molar-refractivity contribution in [3.63, 3.8) is 0 Å². The van der Waals surface area contributed by atoms with Crippen LogP contribution in [0.1, 0.15) is 0 Å². The molecule has 6 heteroatoms. The first kappa shape index (κ1) is 8.25. The smallest absolute Gasteiger partial charge is 0.333 e. The van der Waals surface area contributed by atoms with Gasteiger partial charge in [-0.15, -0.1) is 0 Å². The van der Waals surface area contributed by atoms with E-state index in [1.54, 1.807) is 7.05 Å². The molecule has 5 nitrogen and oxygen atoms in total. The highest BCUT2D eigenvalue weighted by molar-refractivity contribution is 7.74. The number of hydrogen-bond acceptors (Lipinski definition) is 4. The van der Waals surface area contributed by atoms with Crippen molar-refractivity contribution in [2.75, 3.05) is 0 Å². The predicted molar refractivity (Wildman–Crippen MR) is 35.4 cm³/mol. The molecule has 0 spiro atoms. The molecule has 0 radical (unpaired) electrons. The number of H-pyrrole nitrogens is 1. The quantitative estimate of drug-likeness (QED) is 0.344. The average Bonchev–Trinajstić information content (AvgIpc) is 2.23. The molecule has 0 aliphatic carbocycles. The van der Waals surface area contributed by atoms with Gasteiger partial charge in [-0.1, -0.05) is 0 Å². The SMILES string of the molecule is Cn1nc[nH]c1=O.OS. The Morgan fingerprint density at radius 2 is 2.44 bits per heavy atom. The van der Waals surface area contributed by atoms with E-state index in [2.05, 4.69) is 23.0 Å². The summed E-state index contributed by atoms with van der Waals surface area (Å²) in [5.41, 5.74) is -0.181. The monoisotopic (exact) mass is 149 g/mol. The second kappa shape index (κ2) is 4.16. The van der Waals surface area contributed by atoms with Gasteiger partial charge in [-0.3, -0.25) is 4.98 Å². The third kappa shape index (κ3) is 2.34. The molecule has 0 fully saturated rings. The van der Waals surface area contributed by atoms with Crippen LogP contribution in [0.15, 0.2) is 11.1 Å². The molecule has 0 aliphatic rings. The molecule has 1 aromatic rings. The third-order valence-electron chi connectivity index (χ3n) is 0.713. The summed E-state index contributed by atoms with van der Waals surface area (Å²) in [5, 5.41) is 3.56. The molecule has 0 aliphatic heterocycles. The Bertz CT molecular complexity index is 205. The zero-order chi connectivity index (χ0) is 7.28. The minimum atomic E-state index is -0.181. The summed E-state index contributed by atoms with van der Waals surface area (Å²) in [7, 11) is 1.58. The van der Waals surface area contributed by atoms with Crippen LogP contribution in [-0.4, -0.2) is 19.3 Å². The fourth-order valence-corrected chi connectivity index (χ4v) is 0.317. The first-order valence-corrected chi connectivity index (χ1v) is 2.47. The standard InChI is InChI=1S/C3H5N3O.H2OS/c1-6-3(7)4-2-5-6;1-2/h2H,1H3,(H,4,5,7);1-2H. The molecule has 1 rings (SSSR count). The molecule has 9 heavy (non-hydrogen) atoms. The number of aryl methyl sites for hydroxylation is 1. The van der Waals surface area contributed by atoms with Gasteiger partial charge in [-0.2, -0.15) is 5.10 Å². The number of aromatic amines is 1. The molecule has 0 amide bonds. The lowest BCUT2D eigenvalue weighted by molar-refractivity contribution is 0.679. The summed E-state index contributed by atoms with van der Waals surface area (Å²) in [4.78, 5) is 12.6. The Balaban J connectivity index is 0.000000291. The van der Waals surface area contributed by atoms with Gasteiger partial charge in [0.25, 0.3) is 0 Å². The van der Waals surface area contributed by atoms with Crippen LogP contribution in [0.2, 0.25) is 0 Å². The van der Waals surface area contributed by atoms with Crippen molar-refractivity contribution in [1.82, 2.24) is 14.8 Å². The normalized spacial score (nSPS) is 7.89. The van der Waals surface area contributed by atoms with Crippen LogP contribution in [0.25, 0.3) is 0 Å². The third-order valence-corrected chi connectivity index (χ3v) is 0.713. The summed E-state index contributed by atoms with van der Waals surface area (Å²) in [6.45, 7) is 0. The van der Waals surface area contributed by atoms with E-state index in [4.69, 9.17) is 4.55 Å². The van der Waals surface area contributed by atoms with E-state index in [0.29, 0.717) is 0 Å². The highest BCUT2D eigenvalue weighted by atomic mass is 32.1. The van der Waals surface area contributed by atoms with Crippen molar-refractivity contribution in [1.29, 1.82) is 0 Å². The van der Waals surface area contributed by atoms with Crippen LogP contribution in [-0.2, 0) is 7.05 Å². The molecular formula is C3H7N3O2S. The first-order valence-electron chi connectivity index (χ1n) is 2.07. The van der Waals surface area contributed by atoms with Crippen molar-refractivity contribution < 1.29 is 4.55 Å². The largest absolute Gasteiger partial charge is 0.342 e. The molecular weight excluding hydrogens is 142 g/mol. The predicted octanol–water partition coefficient (Wildman–Crippen LogP) is -0.502. The van der Waals surface area contributed by atoms with Gasteiger partial charge in [-0.25, -0.2) is 9.48 Å². The van der Waals surface area contributed by atoms with E-state index in [-0.39, 0.29) is 5.69 Å². The molecule has 52 valence electrons. The fourth-order valence-electron chi connectivity index (χ4n) is 0.317. The van der Waals surface area contributed by atoms with Gasteiger partial charge in [0.15, 0.2) is 0 Å². The molecule has 0 saturated heterocycles. The van der Waals surface area contributed by atoms with Crippen molar-refractivity contribution in [3.8, 4) is 0 Å². The lowest BCUT2D eigenvalue weighted by Crippen LogP contribution is -2.12. The molecule has 0 atom stereocenters. The highest BCUT2D eigenvalue weighted by Crippen LogP contribution is 1.54. The molecule has 1 aromatic heterocycles. The molecule has 2 N–H and O–H groups in total. The van der Waals surface area contributed by atoms with Gasteiger partial charge in [-0.05, 0) is 12.9 Å². The fraction of sp³-hybridized carbons (Fsp3) is 0.333. The minimum absolute atomic E-state index is 0.181. The number of aromatic nitrogens is 3. The van der Waals surface area contributed by atoms with Crippen LogP contribution < -0.4 is 5.69 Å². The van der Waals surface area contributed by atoms with E-state index in [1.165, 1.54) is 11.0 Å². The van der Waals surface area contributed by atoms with Gasteiger partial charge in [0.2, 0.25) is 0 Å². The Morgan fingerprint density at radius 1 is 1.89 bits per heavy atom. The zero-order valence-corrected chi connectivity index (χ0v) is 5.67. The topological polar surface area (TPSA) is 70.9 Å². The van der Waals surface area contributed by atoms with Gasteiger partial charge < -0.3 is 4.55 Å². The van der Waals surface area contributed by atoms with E-state index >= 15 is 0 Å². The van der Waals surface area contributed by atoms with Crippen LogP contribution >= 0.6 is 12.9 Å². The molecule has 1 heterocycles. The minimum Gasteiger partial charge on any atom is -0.333 e. The van der Waals surface area contributed by atoms with Crippen LogP contribution in [0.3, 0.4) is 0 Å². The number of hydrogen-bond donors (Lipinski definition) is 3. The second-order valence-corrected chi connectivity index (χ2v) is 1.22. The Kier molecular flexibility index (Phi) is 3.81. The molecule has 0 bridgehead atoms. The summed E-state index contributed by atoms with van der Waals surface area (Å²) in [5.74, 6) is 0. The van der Waals surface area contributed by atoms with Crippen LogP contribution in [0, 0.1) is 0 Å². The lowest BCUT2D eigenvalue weighted by Gasteiger charge is -1.74. The van der Waals surface area contributed by atoms with Crippen LogP contribution in [0.4, 0.5) is 0 Å². The summed E-state index contributed by atoms with van der Waals surface area (Å²) in [6.07, 6.45) is 1.35. The molecule has 0 unspecified atom stereocenters. The number of nitrogens with one attached hydrogen (secondary N) is 1. The highest BCUT2D eigenvalue weighted by Gasteiger charge is 1.82. The molecule has 0 aromatic carbocycles. The van der Waals surface area contributed by atoms with E-state index in [9.17, 15) is 4.79 Å². The number of thiol groups is 1. The maximum Gasteiger partial charge on any atom is 0.342 e. The second-order valence-electron chi connectivity index (χ2n) is 1.22. The van der Waals surface area contributed by atoms with E-state index in [0.717, 1.165) is 0 Å².